The van der Waals surface area contributed by atoms with Gasteiger partial charge in [0.2, 0.25) is 5.91 Å². The Kier molecular flexibility index (Phi) is 2.90. The molecule has 0 aromatic carbocycles. The molecule has 15 heavy (non-hydrogen) atoms. The van der Waals surface area contributed by atoms with Crippen molar-refractivity contribution in [3.63, 3.8) is 0 Å². The summed E-state index contributed by atoms with van der Waals surface area (Å²) in [6.07, 6.45) is 1.20. The first-order valence-corrected chi connectivity index (χ1v) is 5.41. The molecule has 84 valence electrons. The van der Waals surface area contributed by atoms with Crippen molar-refractivity contribution in [1.29, 1.82) is 0 Å². The van der Waals surface area contributed by atoms with Crippen molar-refractivity contribution < 1.29 is 14.7 Å². The molecule has 2 aliphatic heterocycles. The highest BCUT2D eigenvalue weighted by Crippen LogP contribution is 2.19. The number of likely N-dealkylation sites (tertiary alicyclic amines) is 1. The third-order valence-corrected chi connectivity index (χ3v) is 3.29. The largest absolute Gasteiger partial charge is 0.481 e. The first kappa shape index (κ1) is 10.4. The summed E-state index contributed by atoms with van der Waals surface area (Å²) in [6, 6.07) is 0. The van der Waals surface area contributed by atoms with E-state index in [-0.39, 0.29) is 17.7 Å². The third-order valence-electron chi connectivity index (χ3n) is 3.29. The molecule has 0 radical (unpaired) electrons. The SMILES string of the molecule is O=C(O)C1CCN(C(=O)C2CNC2)CC1. The topological polar surface area (TPSA) is 69.6 Å². The molecule has 0 atom stereocenters. The highest BCUT2D eigenvalue weighted by Gasteiger charge is 2.32. The molecule has 2 heterocycles. The van der Waals surface area contributed by atoms with E-state index in [0.717, 1.165) is 13.1 Å². The van der Waals surface area contributed by atoms with Gasteiger partial charge in [-0.1, -0.05) is 0 Å². The van der Waals surface area contributed by atoms with Gasteiger partial charge in [0, 0.05) is 26.2 Å². The van der Waals surface area contributed by atoms with E-state index in [1.165, 1.54) is 0 Å². The van der Waals surface area contributed by atoms with Gasteiger partial charge in [0.1, 0.15) is 0 Å². The Morgan fingerprint density at radius 2 is 1.73 bits per heavy atom. The smallest absolute Gasteiger partial charge is 0.306 e. The van der Waals surface area contributed by atoms with Crippen molar-refractivity contribution >= 4 is 11.9 Å². The molecular weight excluding hydrogens is 196 g/mol. The van der Waals surface area contributed by atoms with E-state index in [1.807, 2.05) is 4.90 Å². The normalized spacial score (nSPS) is 23.6. The lowest BCUT2D eigenvalue weighted by Gasteiger charge is -2.35. The van der Waals surface area contributed by atoms with Crippen LogP contribution < -0.4 is 5.32 Å². The van der Waals surface area contributed by atoms with Crippen molar-refractivity contribution in [3.8, 4) is 0 Å². The fraction of sp³-hybridized carbons (Fsp3) is 0.800. The molecular formula is C10H16N2O3. The summed E-state index contributed by atoms with van der Waals surface area (Å²) in [4.78, 5) is 24.3. The molecule has 5 nitrogen and oxygen atoms in total. The summed E-state index contributed by atoms with van der Waals surface area (Å²) in [6.45, 7) is 2.76. The Morgan fingerprint density at radius 1 is 1.13 bits per heavy atom. The van der Waals surface area contributed by atoms with Crippen LogP contribution in [-0.4, -0.2) is 48.1 Å². The molecule has 0 spiro atoms. The molecule has 2 aliphatic rings. The van der Waals surface area contributed by atoms with Crippen LogP contribution in [0.2, 0.25) is 0 Å². The quantitative estimate of drug-likeness (QED) is 0.649. The number of amides is 1. The van der Waals surface area contributed by atoms with E-state index in [1.54, 1.807) is 0 Å². The Morgan fingerprint density at radius 3 is 2.13 bits per heavy atom. The predicted molar refractivity (Wildman–Crippen MR) is 53.3 cm³/mol. The van der Waals surface area contributed by atoms with E-state index >= 15 is 0 Å². The van der Waals surface area contributed by atoms with Gasteiger partial charge in [-0.25, -0.2) is 0 Å². The molecule has 2 N–H and O–H groups in total. The minimum absolute atomic E-state index is 0.131. The van der Waals surface area contributed by atoms with Gasteiger partial charge < -0.3 is 15.3 Å². The van der Waals surface area contributed by atoms with Crippen molar-refractivity contribution in [2.75, 3.05) is 26.2 Å². The first-order valence-electron chi connectivity index (χ1n) is 5.41. The number of carbonyl (C=O) groups excluding carboxylic acids is 1. The van der Waals surface area contributed by atoms with Crippen LogP contribution in [0.15, 0.2) is 0 Å². The molecule has 0 unspecified atom stereocenters. The average molecular weight is 212 g/mol. The summed E-state index contributed by atoms with van der Waals surface area (Å²) in [7, 11) is 0. The number of hydrogen-bond donors (Lipinski definition) is 2. The first-order chi connectivity index (χ1) is 7.18. The Bertz CT molecular complexity index is 268. The molecule has 0 aliphatic carbocycles. The maximum absolute atomic E-state index is 11.8. The van der Waals surface area contributed by atoms with Gasteiger partial charge in [-0.2, -0.15) is 0 Å². The van der Waals surface area contributed by atoms with Crippen LogP contribution in [-0.2, 0) is 9.59 Å². The second-order valence-corrected chi connectivity index (χ2v) is 4.29. The Labute approximate surface area is 88.4 Å². The van der Waals surface area contributed by atoms with Crippen molar-refractivity contribution in [2.24, 2.45) is 11.8 Å². The van der Waals surface area contributed by atoms with Gasteiger partial charge in [-0.15, -0.1) is 0 Å². The zero-order chi connectivity index (χ0) is 10.8. The van der Waals surface area contributed by atoms with Crippen molar-refractivity contribution in [3.05, 3.63) is 0 Å². The number of piperidine rings is 1. The van der Waals surface area contributed by atoms with Crippen LogP contribution in [0.25, 0.3) is 0 Å². The second kappa shape index (κ2) is 4.18. The number of rotatable bonds is 2. The van der Waals surface area contributed by atoms with Crippen LogP contribution in [0.1, 0.15) is 12.8 Å². The number of nitrogens with one attached hydrogen (secondary N) is 1. The molecule has 0 bridgehead atoms. The van der Waals surface area contributed by atoms with Crippen LogP contribution in [0.4, 0.5) is 0 Å². The molecule has 5 heteroatoms. The van der Waals surface area contributed by atoms with Gasteiger partial charge in [0.15, 0.2) is 0 Å². The van der Waals surface area contributed by atoms with Gasteiger partial charge in [-0.3, -0.25) is 9.59 Å². The Balaban J connectivity index is 1.82. The number of aliphatic carboxylic acids is 1. The summed E-state index contributed by atoms with van der Waals surface area (Å²) < 4.78 is 0. The fourth-order valence-electron chi connectivity index (χ4n) is 2.07. The maximum Gasteiger partial charge on any atom is 0.306 e. The molecule has 2 saturated heterocycles. The van der Waals surface area contributed by atoms with E-state index in [0.29, 0.717) is 25.9 Å². The van der Waals surface area contributed by atoms with E-state index < -0.39 is 5.97 Å². The molecule has 2 rings (SSSR count). The average Bonchev–Trinajstić information content (AvgIpc) is 2.15. The van der Waals surface area contributed by atoms with Crippen LogP contribution in [0.3, 0.4) is 0 Å². The maximum atomic E-state index is 11.8. The van der Waals surface area contributed by atoms with Crippen LogP contribution in [0.5, 0.6) is 0 Å². The molecule has 2 fully saturated rings. The summed E-state index contributed by atoms with van der Waals surface area (Å²) in [5.74, 6) is -0.662. The van der Waals surface area contributed by atoms with Crippen molar-refractivity contribution in [1.82, 2.24) is 10.2 Å². The minimum atomic E-state index is -0.729. The zero-order valence-electron chi connectivity index (χ0n) is 8.61. The fourth-order valence-corrected chi connectivity index (χ4v) is 2.07. The number of carboxylic acid groups (broad SMARTS) is 1. The van der Waals surface area contributed by atoms with Crippen molar-refractivity contribution in [2.45, 2.75) is 12.8 Å². The number of nitrogens with zero attached hydrogens (tertiary/aromatic N) is 1. The molecule has 1 amide bonds. The minimum Gasteiger partial charge on any atom is -0.481 e. The molecule has 0 saturated carbocycles. The van der Waals surface area contributed by atoms with Gasteiger partial charge in [-0.05, 0) is 12.8 Å². The second-order valence-electron chi connectivity index (χ2n) is 4.29. The monoisotopic (exact) mass is 212 g/mol. The summed E-state index contributed by atoms with van der Waals surface area (Å²) in [5.41, 5.74) is 0. The summed E-state index contributed by atoms with van der Waals surface area (Å²) in [5, 5.41) is 11.9. The van der Waals surface area contributed by atoms with E-state index in [2.05, 4.69) is 5.32 Å². The van der Waals surface area contributed by atoms with E-state index in [9.17, 15) is 9.59 Å². The third kappa shape index (κ3) is 2.12. The number of carboxylic acids is 1. The summed E-state index contributed by atoms with van der Waals surface area (Å²) >= 11 is 0. The number of carbonyl (C=O) groups is 2. The lowest BCUT2D eigenvalue weighted by molar-refractivity contribution is -0.147. The Hall–Kier alpha value is -1.10. The highest BCUT2D eigenvalue weighted by molar-refractivity contribution is 5.80. The van der Waals surface area contributed by atoms with Crippen LogP contribution in [0, 0.1) is 11.8 Å². The zero-order valence-corrected chi connectivity index (χ0v) is 8.61. The lowest BCUT2D eigenvalue weighted by Crippen LogP contribution is -2.53. The molecule has 0 aromatic rings. The van der Waals surface area contributed by atoms with E-state index in [4.69, 9.17) is 5.11 Å². The standard InChI is InChI=1S/C10H16N2O3/c13-9(8-5-11-6-8)12-3-1-7(2-4-12)10(14)15/h7-8,11H,1-6H2,(H,14,15). The van der Waals surface area contributed by atoms with Crippen LogP contribution >= 0.6 is 0 Å². The predicted octanol–water partition coefficient (Wildman–Crippen LogP) is -0.471. The molecule has 0 aromatic heterocycles. The lowest BCUT2D eigenvalue weighted by atomic mass is 9.94. The number of hydrogen-bond acceptors (Lipinski definition) is 3. The van der Waals surface area contributed by atoms with Gasteiger partial charge in [0.25, 0.3) is 0 Å². The van der Waals surface area contributed by atoms with Gasteiger partial charge in [0.05, 0.1) is 11.8 Å². The van der Waals surface area contributed by atoms with Gasteiger partial charge >= 0.3 is 5.97 Å². The highest BCUT2D eigenvalue weighted by atomic mass is 16.4.